The number of halogens is 4. The summed E-state index contributed by atoms with van der Waals surface area (Å²) in [6.07, 6.45) is -2.43. The molecule has 1 fully saturated rings. The summed E-state index contributed by atoms with van der Waals surface area (Å²) in [4.78, 5) is 3.53. The fraction of sp³-hybridized carbons (Fsp3) is 0.500. The molecular formula is C10H9ClF3NO. The SMILES string of the molecule is OCC1(c2cc(C(F)(F)F)cnc2Cl)CC1. The molecule has 0 saturated heterocycles. The van der Waals surface area contributed by atoms with E-state index in [1.807, 2.05) is 0 Å². The van der Waals surface area contributed by atoms with Crippen LogP contribution in [0.4, 0.5) is 13.2 Å². The highest BCUT2D eigenvalue weighted by Gasteiger charge is 2.46. The predicted octanol–water partition coefficient (Wildman–Crippen LogP) is 2.78. The Labute approximate surface area is 95.1 Å². The lowest BCUT2D eigenvalue weighted by Gasteiger charge is -2.15. The maximum Gasteiger partial charge on any atom is 0.417 e. The third kappa shape index (κ3) is 1.89. The van der Waals surface area contributed by atoms with Gasteiger partial charge in [-0.15, -0.1) is 0 Å². The number of hydrogen-bond acceptors (Lipinski definition) is 2. The maximum absolute atomic E-state index is 12.5. The summed E-state index contributed by atoms with van der Waals surface area (Å²) in [6, 6.07) is 0.985. The number of hydrogen-bond donors (Lipinski definition) is 1. The fourth-order valence-corrected chi connectivity index (χ4v) is 1.94. The van der Waals surface area contributed by atoms with E-state index in [9.17, 15) is 13.2 Å². The minimum absolute atomic E-state index is 0.0413. The van der Waals surface area contributed by atoms with Crippen LogP contribution in [0.2, 0.25) is 5.15 Å². The topological polar surface area (TPSA) is 33.1 Å². The molecule has 1 aliphatic carbocycles. The highest BCUT2D eigenvalue weighted by Crippen LogP contribution is 2.50. The number of aliphatic hydroxyl groups is 1. The van der Waals surface area contributed by atoms with Crippen LogP contribution in [-0.2, 0) is 11.6 Å². The minimum Gasteiger partial charge on any atom is -0.395 e. The van der Waals surface area contributed by atoms with E-state index in [2.05, 4.69) is 4.98 Å². The number of rotatable bonds is 2. The summed E-state index contributed by atoms with van der Waals surface area (Å²) in [5.41, 5.74) is -1.14. The van der Waals surface area contributed by atoms with Crippen molar-refractivity contribution in [2.75, 3.05) is 6.61 Å². The van der Waals surface area contributed by atoms with Gasteiger partial charge in [0.25, 0.3) is 0 Å². The first-order valence-electron chi connectivity index (χ1n) is 4.73. The zero-order valence-corrected chi connectivity index (χ0v) is 8.94. The number of aromatic nitrogens is 1. The molecule has 0 aliphatic heterocycles. The van der Waals surface area contributed by atoms with Crippen LogP contribution in [0.25, 0.3) is 0 Å². The van der Waals surface area contributed by atoms with Gasteiger partial charge in [-0.25, -0.2) is 4.98 Å². The molecule has 0 spiro atoms. The Morgan fingerprint density at radius 1 is 1.44 bits per heavy atom. The molecule has 2 nitrogen and oxygen atoms in total. The van der Waals surface area contributed by atoms with E-state index in [0.717, 1.165) is 6.07 Å². The summed E-state index contributed by atoms with van der Waals surface area (Å²) in [6.45, 7) is -0.199. The smallest absolute Gasteiger partial charge is 0.395 e. The van der Waals surface area contributed by atoms with Gasteiger partial charge in [0.2, 0.25) is 0 Å². The lowest BCUT2D eigenvalue weighted by Crippen LogP contribution is -2.15. The van der Waals surface area contributed by atoms with Crippen molar-refractivity contribution in [3.63, 3.8) is 0 Å². The fourth-order valence-electron chi connectivity index (χ4n) is 1.64. The summed E-state index contributed by atoms with van der Waals surface area (Å²) in [5.74, 6) is 0. The molecule has 0 aromatic carbocycles. The monoisotopic (exact) mass is 251 g/mol. The first-order chi connectivity index (χ1) is 7.39. The van der Waals surface area contributed by atoms with Gasteiger partial charge >= 0.3 is 6.18 Å². The average molecular weight is 252 g/mol. The molecule has 1 heterocycles. The van der Waals surface area contributed by atoms with Gasteiger partial charge in [-0.3, -0.25) is 0 Å². The van der Waals surface area contributed by atoms with E-state index in [4.69, 9.17) is 16.7 Å². The van der Waals surface area contributed by atoms with Gasteiger partial charge in [0.15, 0.2) is 0 Å². The molecule has 0 amide bonds. The van der Waals surface area contributed by atoms with Crippen LogP contribution >= 0.6 is 11.6 Å². The van der Waals surface area contributed by atoms with Crippen molar-refractivity contribution in [2.24, 2.45) is 0 Å². The van der Waals surface area contributed by atoms with Crippen molar-refractivity contribution in [3.8, 4) is 0 Å². The third-order valence-electron chi connectivity index (χ3n) is 2.89. The number of nitrogens with zero attached hydrogens (tertiary/aromatic N) is 1. The highest BCUT2D eigenvalue weighted by molar-refractivity contribution is 6.30. The molecule has 2 rings (SSSR count). The normalized spacial score (nSPS) is 18.6. The van der Waals surface area contributed by atoms with Crippen molar-refractivity contribution in [2.45, 2.75) is 24.4 Å². The van der Waals surface area contributed by atoms with Crippen LogP contribution in [-0.4, -0.2) is 16.7 Å². The second kappa shape index (κ2) is 3.60. The van der Waals surface area contributed by atoms with E-state index < -0.39 is 17.2 Å². The van der Waals surface area contributed by atoms with Crippen molar-refractivity contribution < 1.29 is 18.3 Å². The molecule has 0 unspecified atom stereocenters. The summed E-state index contributed by atoms with van der Waals surface area (Å²) < 4.78 is 37.4. The van der Waals surface area contributed by atoms with Gasteiger partial charge in [0.1, 0.15) is 5.15 Å². The Morgan fingerprint density at radius 2 is 2.06 bits per heavy atom. The maximum atomic E-state index is 12.5. The van der Waals surface area contributed by atoms with Crippen LogP contribution < -0.4 is 0 Å². The summed E-state index contributed by atoms with van der Waals surface area (Å²) in [5, 5.41) is 9.20. The second-order valence-corrected chi connectivity index (χ2v) is 4.36. The molecule has 1 aromatic heterocycles. The number of pyridine rings is 1. The van der Waals surface area contributed by atoms with Crippen LogP contribution in [0.5, 0.6) is 0 Å². The molecule has 1 saturated carbocycles. The van der Waals surface area contributed by atoms with Crippen molar-refractivity contribution in [3.05, 3.63) is 28.5 Å². The van der Waals surface area contributed by atoms with Gasteiger partial charge in [0, 0.05) is 11.6 Å². The standard InChI is InChI=1S/C10H9ClF3NO/c11-8-7(9(5-16)1-2-9)3-6(4-15-8)10(12,13)14/h3-4,16H,1-2,5H2. The van der Waals surface area contributed by atoms with Gasteiger partial charge in [0.05, 0.1) is 12.2 Å². The van der Waals surface area contributed by atoms with Crippen LogP contribution in [0.3, 0.4) is 0 Å². The van der Waals surface area contributed by atoms with Crippen molar-refractivity contribution >= 4 is 11.6 Å². The minimum atomic E-state index is -4.43. The van der Waals surface area contributed by atoms with E-state index in [-0.39, 0.29) is 11.8 Å². The molecule has 0 radical (unpaired) electrons. The number of alkyl halides is 3. The molecule has 6 heteroatoms. The Hall–Kier alpha value is -0.810. The zero-order valence-electron chi connectivity index (χ0n) is 8.18. The molecule has 16 heavy (non-hydrogen) atoms. The van der Waals surface area contributed by atoms with E-state index in [1.54, 1.807) is 0 Å². The van der Waals surface area contributed by atoms with Gasteiger partial charge in [-0.05, 0) is 24.5 Å². The summed E-state index contributed by atoms with van der Waals surface area (Å²) in [7, 11) is 0. The van der Waals surface area contributed by atoms with Crippen LogP contribution in [0, 0.1) is 0 Å². The number of aliphatic hydroxyl groups excluding tert-OH is 1. The molecule has 1 N–H and O–H groups in total. The Kier molecular flexibility index (Phi) is 2.62. The zero-order chi connectivity index (χ0) is 12.0. The third-order valence-corrected chi connectivity index (χ3v) is 3.20. The lowest BCUT2D eigenvalue weighted by atomic mass is 9.97. The van der Waals surface area contributed by atoms with Crippen LogP contribution in [0.1, 0.15) is 24.0 Å². The van der Waals surface area contributed by atoms with Gasteiger partial charge < -0.3 is 5.11 Å². The van der Waals surface area contributed by atoms with E-state index >= 15 is 0 Å². The molecule has 1 aromatic rings. The van der Waals surface area contributed by atoms with Crippen LogP contribution in [0.15, 0.2) is 12.3 Å². The van der Waals surface area contributed by atoms with Gasteiger partial charge in [-0.1, -0.05) is 11.6 Å². The summed E-state index contributed by atoms with van der Waals surface area (Å²) >= 11 is 5.76. The average Bonchev–Trinajstić information content (AvgIpc) is 2.97. The Morgan fingerprint density at radius 3 is 2.50 bits per heavy atom. The first-order valence-corrected chi connectivity index (χ1v) is 5.11. The Balaban J connectivity index is 2.46. The van der Waals surface area contributed by atoms with Crippen molar-refractivity contribution in [1.29, 1.82) is 0 Å². The first kappa shape index (κ1) is 11.7. The Bertz CT molecular complexity index is 415. The largest absolute Gasteiger partial charge is 0.417 e. The van der Waals surface area contributed by atoms with Gasteiger partial charge in [-0.2, -0.15) is 13.2 Å². The van der Waals surface area contributed by atoms with E-state index in [1.165, 1.54) is 0 Å². The lowest BCUT2D eigenvalue weighted by molar-refractivity contribution is -0.137. The molecule has 1 aliphatic rings. The van der Waals surface area contributed by atoms with Crippen molar-refractivity contribution in [1.82, 2.24) is 4.98 Å². The molecule has 0 bridgehead atoms. The second-order valence-electron chi connectivity index (χ2n) is 4.00. The highest BCUT2D eigenvalue weighted by atomic mass is 35.5. The molecule has 88 valence electrons. The quantitative estimate of drug-likeness (QED) is 0.820. The molecule has 0 atom stereocenters. The predicted molar refractivity (Wildman–Crippen MR) is 52.2 cm³/mol. The van der Waals surface area contributed by atoms with E-state index in [0.29, 0.717) is 24.6 Å². The molecular weight excluding hydrogens is 243 g/mol.